The highest BCUT2D eigenvalue weighted by Gasteiger charge is 2.28. The molecular formula is C29H22ClN5O2. The van der Waals surface area contributed by atoms with Crippen LogP contribution in [0.2, 0.25) is 5.02 Å². The van der Waals surface area contributed by atoms with E-state index in [2.05, 4.69) is 15.3 Å². The van der Waals surface area contributed by atoms with Crippen molar-refractivity contribution in [1.82, 2.24) is 19.9 Å². The van der Waals surface area contributed by atoms with Gasteiger partial charge in [-0.05, 0) is 48.2 Å². The molecule has 0 saturated carbocycles. The molecule has 7 nitrogen and oxygen atoms in total. The lowest BCUT2D eigenvalue weighted by Crippen LogP contribution is -2.21. The highest BCUT2D eigenvalue weighted by Crippen LogP contribution is 2.34. The number of anilines is 2. The van der Waals surface area contributed by atoms with Crippen molar-refractivity contribution in [3.63, 3.8) is 0 Å². The largest absolute Gasteiger partial charge is 0.497 e. The summed E-state index contributed by atoms with van der Waals surface area (Å²) in [5, 5.41) is 4.61. The third kappa shape index (κ3) is 4.61. The van der Waals surface area contributed by atoms with E-state index >= 15 is 0 Å². The number of nitrogens with zero attached hydrogens (tertiary/aromatic N) is 4. The SMILES string of the molecule is COc1ccc([C@@H]2CC(=O)c3cnc(Nc4nc(-c5ccccc5)c5cc(Cl)ccc5n4)nc3C2)cc1. The van der Waals surface area contributed by atoms with Gasteiger partial charge in [0.15, 0.2) is 5.78 Å². The first-order valence-electron chi connectivity index (χ1n) is 11.9. The Morgan fingerprint density at radius 3 is 2.51 bits per heavy atom. The van der Waals surface area contributed by atoms with E-state index in [1.54, 1.807) is 19.4 Å². The maximum absolute atomic E-state index is 12.9. The molecule has 182 valence electrons. The molecule has 3 aromatic carbocycles. The van der Waals surface area contributed by atoms with E-state index < -0.39 is 0 Å². The third-order valence-electron chi connectivity index (χ3n) is 6.56. The number of carbonyl (C=O) groups is 1. The Labute approximate surface area is 218 Å². The maximum atomic E-state index is 12.9. The second-order valence-corrected chi connectivity index (χ2v) is 9.34. The van der Waals surface area contributed by atoms with Crippen LogP contribution < -0.4 is 10.1 Å². The van der Waals surface area contributed by atoms with E-state index in [-0.39, 0.29) is 11.7 Å². The molecule has 8 heteroatoms. The molecule has 0 spiro atoms. The van der Waals surface area contributed by atoms with Crippen molar-refractivity contribution >= 4 is 40.2 Å². The number of carbonyl (C=O) groups excluding carboxylic acids is 1. The molecule has 0 bridgehead atoms. The molecule has 1 atom stereocenters. The normalized spacial score (nSPS) is 14.9. The molecule has 6 rings (SSSR count). The molecule has 2 heterocycles. The van der Waals surface area contributed by atoms with E-state index in [1.165, 1.54) is 0 Å². The molecule has 2 aromatic heterocycles. The standard InChI is InChI=1S/C29H22ClN5O2/c1-37-21-10-7-17(8-11-21)19-13-25-23(26(36)14-19)16-31-28(33-25)35-29-32-24-12-9-20(30)15-22(24)27(34-29)18-5-3-2-4-6-18/h2-12,15-16,19H,13-14H2,1H3,(H,31,32,33,34,35)/t19-/m0/s1. The van der Waals surface area contributed by atoms with Crippen molar-refractivity contribution in [1.29, 1.82) is 0 Å². The summed E-state index contributed by atoms with van der Waals surface area (Å²) in [5.74, 6) is 1.57. The van der Waals surface area contributed by atoms with Gasteiger partial charge >= 0.3 is 0 Å². The Bertz CT molecular complexity index is 1620. The van der Waals surface area contributed by atoms with Gasteiger partial charge in [0.2, 0.25) is 11.9 Å². The minimum atomic E-state index is 0.0406. The Kier molecular flexibility index (Phi) is 5.98. The fraction of sp³-hybridized carbons (Fsp3) is 0.138. The van der Waals surface area contributed by atoms with Gasteiger partial charge in [0.1, 0.15) is 5.75 Å². The Morgan fingerprint density at radius 2 is 1.73 bits per heavy atom. The number of fused-ring (bicyclic) bond motifs is 2. The summed E-state index contributed by atoms with van der Waals surface area (Å²) < 4.78 is 5.26. The minimum absolute atomic E-state index is 0.0406. The zero-order valence-electron chi connectivity index (χ0n) is 20.0. The molecule has 0 fully saturated rings. The summed E-state index contributed by atoms with van der Waals surface area (Å²) in [6.45, 7) is 0. The fourth-order valence-electron chi connectivity index (χ4n) is 4.69. The van der Waals surface area contributed by atoms with E-state index in [0.717, 1.165) is 33.5 Å². The van der Waals surface area contributed by atoms with Gasteiger partial charge in [-0.3, -0.25) is 10.1 Å². The molecule has 0 saturated heterocycles. The van der Waals surface area contributed by atoms with Gasteiger partial charge in [-0.15, -0.1) is 0 Å². The number of Topliss-reactive ketones (excluding diaryl/α,β-unsaturated/α-hetero) is 1. The number of hydrogen-bond acceptors (Lipinski definition) is 7. The topological polar surface area (TPSA) is 89.9 Å². The summed E-state index contributed by atoms with van der Waals surface area (Å²) in [4.78, 5) is 31.4. The molecule has 37 heavy (non-hydrogen) atoms. The highest BCUT2D eigenvalue weighted by atomic mass is 35.5. The number of benzene rings is 3. The monoisotopic (exact) mass is 507 g/mol. The number of nitrogens with one attached hydrogen (secondary N) is 1. The second-order valence-electron chi connectivity index (χ2n) is 8.90. The van der Waals surface area contributed by atoms with E-state index in [0.29, 0.717) is 41.0 Å². The summed E-state index contributed by atoms with van der Waals surface area (Å²) in [6, 6.07) is 23.2. The van der Waals surface area contributed by atoms with Gasteiger partial charge in [-0.25, -0.2) is 19.9 Å². The van der Waals surface area contributed by atoms with Crippen LogP contribution in [0.3, 0.4) is 0 Å². The molecular weight excluding hydrogens is 486 g/mol. The number of halogens is 1. The van der Waals surface area contributed by atoms with Crippen LogP contribution in [0.5, 0.6) is 5.75 Å². The lowest BCUT2D eigenvalue weighted by atomic mass is 9.82. The highest BCUT2D eigenvalue weighted by molar-refractivity contribution is 6.31. The smallest absolute Gasteiger partial charge is 0.230 e. The van der Waals surface area contributed by atoms with Crippen LogP contribution in [-0.4, -0.2) is 32.8 Å². The summed E-state index contributed by atoms with van der Waals surface area (Å²) in [7, 11) is 1.64. The number of ketones is 1. The van der Waals surface area contributed by atoms with Gasteiger partial charge in [0.05, 0.1) is 29.6 Å². The van der Waals surface area contributed by atoms with Crippen molar-refractivity contribution in [2.45, 2.75) is 18.8 Å². The summed E-state index contributed by atoms with van der Waals surface area (Å²) >= 11 is 6.27. The molecule has 1 N–H and O–H groups in total. The first-order chi connectivity index (χ1) is 18.1. The van der Waals surface area contributed by atoms with Crippen molar-refractivity contribution < 1.29 is 9.53 Å². The second kappa shape index (κ2) is 9.59. The summed E-state index contributed by atoms with van der Waals surface area (Å²) in [5.41, 5.74) is 4.80. The van der Waals surface area contributed by atoms with Crippen LogP contribution in [0.4, 0.5) is 11.9 Å². The molecule has 1 aliphatic rings. The van der Waals surface area contributed by atoms with Gasteiger partial charge in [-0.1, -0.05) is 54.1 Å². The molecule has 0 unspecified atom stereocenters. The number of rotatable bonds is 5. The number of ether oxygens (including phenoxy) is 1. The zero-order valence-corrected chi connectivity index (χ0v) is 20.7. The van der Waals surface area contributed by atoms with Crippen molar-refractivity contribution in [2.75, 3.05) is 12.4 Å². The van der Waals surface area contributed by atoms with E-state index in [9.17, 15) is 4.79 Å². The van der Waals surface area contributed by atoms with Gasteiger partial charge in [-0.2, -0.15) is 0 Å². The Balaban J connectivity index is 1.34. The molecule has 0 amide bonds. The average molecular weight is 508 g/mol. The first-order valence-corrected chi connectivity index (χ1v) is 12.3. The lowest BCUT2D eigenvalue weighted by Gasteiger charge is -2.23. The third-order valence-corrected chi connectivity index (χ3v) is 6.79. The number of methoxy groups -OCH3 is 1. The van der Waals surface area contributed by atoms with Crippen LogP contribution in [-0.2, 0) is 6.42 Å². The molecule has 1 aliphatic carbocycles. The van der Waals surface area contributed by atoms with Crippen LogP contribution in [0.25, 0.3) is 22.2 Å². The van der Waals surface area contributed by atoms with Crippen molar-refractivity contribution in [2.24, 2.45) is 0 Å². The Morgan fingerprint density at radius 1 is 0.919 bits per heavy atom. The quantitative estimate of drug-likeness (QED) is 0.294. The lowest BCUT2D eigenvalue weighted by molar-refractivity contribution is 0.0962. The van der Waals surface area contributed by atoms with Crippen molar-refractivity contribution in [3.05, 3.63) is 101 Å². The number of aromatic nitrogens is 4. The predicted octanol–water partition coefficient (Wildman–Crippen LogP) is 6.41. The fourth-order valence-corrected chi connectivity index (χ4v) is 4.86. The Hall–Kier alpha value is -4.36. The maximum Gasteiger partial charge on any atom is 0.230 e. The van der Waals surface area contributed by atoms with E-state index in [4.69, 9.17) is 26.3 Å². The predicted molar refractivity (Wildman–Crippen MR) is 144 cm³/mol. The van der Waals surface area contributed by atoms with Gasteiger partial charge < -0.3 is 4.74 Å². The van der Waals surface area contributed by atoms with Crippen LogP contribution in [0.1, 0.15) is 34.0 Å². The molecule has 0 aliphatic heterocycles. The minimum Gasteiger partial charge on any atom is -0.497 e. The summed E-state index contributed by atoms with van der Waals surface area (Å²) in [6.07, 6.45) is 2.65. The van der Waals surface area contributed by atoms with Gasteiger partial charge in [0.25, 0.3) is 0 Å². The van der Waals surface area contributed by atoms with Crippen LogP contribution in [0, 0.1) is 0 Å². The van der Waals surface area contributed by atoms with Crippen LogP contribution >= 0.6 is 11.6 Å². The van der Waals surface area contributed by atoms with Crippen molar-refractivity contribution in [3.8, 4) is 17.0 Å². The van der Waals surface area contributed by atoms with E-state index in [1.807, 2.05) is 66.7 Å². The van der Waals surface area contributed by atoms with Crippen LogP contribution in [0.15, 0.2) is 79.0 Å². The molecule has 5 aromatic rings. The number of hydrogen-bond donors (Lipinski definition) is 1. The zero-order chi connectivity index (χ0) is 25.4. The van der Waals surface area contributed by atoms with Gasteiger partial charge in [0, 0.05) is 28.6 Å². The average Bonchev–Trinajstić information content (AvgIpc) is 2.93. The molecule has 0 radical (unpaired) electrons. The first kappa shape index (κ1) is 23.1.